The molecule has 0 aliphatic heterocycles. The Labute approximate surface area is 135 Å². The Bertz CT molecular complexity index is 633. The highest BCUT2D eigenvalue weighted by Crippen LogP contribution is 2.22. The predicted octanol–water partition coefficient (Wildman–Crippen LogP) is 4.59. The molecule has 23 heavy (non-hydrogen) atoms. The van der Waals surface area contributed by atoms with E-state index < -0.39 is 11.9 Å². The first kappa shape index (κ1) is 17.0. The molecular formula is C19H21FO3. The van der Waals surface area contributed by atoms with Crippen LogP contribution in [-0.2, 0) is 4.79 Å². The maximum atomic E-state index is 12.9. The van der Waals surface area contributed by atoms with E-state index in [-0.39, 0.29) is 12.4 Å². The van der Waals surface area contributed by atoms with Crippen molar-refractivity contribution in [3.63, 3.8) is 0 Å². The largest absolute Gasteiger partial charge is 0.494 e. The number of rotatable bonds is 7. The molecule has 3 nitrogen and oxygen atoms in total. The second-order valence-electron chi connectivity index (χ2n) is 5.80. The van der Waals surface area contributed by atoms with Crippen LogP contribution in [0.15, 0.2) is 48.5 Å². The van der Waals surface area contributed by atoms with Crippen molar-refractivity contribution in [2.45, 2.75) is 32.1 Å². The van der Waals surface area contributed by atoms with E-state index >= 15 is 0 Å². The molecule has 1 atom stereocenters. The average Bonchev–Trinajstić information content (AvgIpc) is 2.53. The smallest absolute Gasteiger partial charge is 0.311 e. The van der Waals surface area contributed by atoms with E-state index in [0.717, 1.165) is 5.75 Å². The number of carboxylic acid groups (broad SMARTS) is 1. The van der Waals surface area contributed by atoms with Gasteiger partial charge in [-0.05, 0) is 47.7 Å². The van der Waals surface area contributed by atoms with Gasteiger partial charge in [-0.3, -0.25) is 4.79 Å². The molecule has 0 bridgehead atoms. The summed E-state index contributed by atoms with van der Waals surface area (Å²) in [6, 6.07) is 13.4. The Morgan fingerprint density at radius 3 is 2.13 bits per heavy atom. The number of hydrogen-bond donors (Lipinski definition) is 1. The Morgan fingerprint density at radius 2 is 1.61 bits per heavy atom. The monoisotopic (exact) mass is 316 g/mol. The number of benzene rings is 2. The van der Waals surface area contributed by atoms with Gasteiger partial charge in [-0.2, -0.15) is 0 Å². The fourth-order valence-electron chi connectivity index (χ4n) is 2.37. The molecule has 0 saturated carbocycles. The topological polar surface area (TPSA) is 46.5 Å². The van der Waals surface area contributed by atoms with Crippen LogP contribution in [0, 0.1) is 5.82 Å². The second kappa shape index (κ2) is 7.77. The van der Waals surface area contributed by atoms with Crippen LogP contribution in [0.1, 0.15) is 43.2 Å². The van der Waals surface area contributed by atoms with Crippen molar-refractivity contribution in [2.24, 2.45) is 0 Å². The summed E-state index contributed by atoms with van der Waals surface area (Å²) < 4.78 is 18.6. The number of ether oxygens (including phenoxy) is 1. The summed E-state index contributed by atoms with van der Waals surface area (Å²) in [6.45, 7) is 4.53. The van der Waals surface area contributed by atoms with Gasteiger partial charge in [0.25, 0.3) is 0 Å². The van der Waals surface area contributed by atoms with Crippen molar-refractivity contribution in [3.8, 4) is 5.75 Å². The molecule has 0 saturated heterocycles. The molecule has 1 N–H and O–H groups in total. The minimum atomic E-state index is -0.935. The van der Waals surface area contributed by atoms with Gasteiger partial charge in [-0.15, -0.1) is 0 Å². The molecular weight excluding hydrogens is 295 g/mol. The number of halogens is 1. The Kier molecular flexibility index (Phi) is 5.74. The molecule has 2 aromatic rings. The molecule has 0 heterocycles. The first-order valence-electron chi connectivity index (χ1n) is 7.68. The SMILES string of the molecule is CC(C)c1ccc(OCCC(C(=O)O)c2ccc(F)cc2)cc1. The van der Waals surface area contributed by atoms with Crippen molar-refractivity contribution < 1.29 is 19.0 Å². The molecule has 0 radical (unpaired) electrons. The highest BCUT2D eigenvalue weighted by molar-refractivity contribution is 5.76. The summed E-state index contributed by atoms with van der Waals surface area (Å²) in [5, 5.41) is 9.34. The summed E-state index contributed by atoms with van der Waals surface area (Å²) in [7, 11) is 0. The van der Waals surface area contributed by atoms with Crippen LogP contribution in [0.25, 0.3) is 0 Å². The standard InChI is InChI=1S/C19H21FO3/c1-13(2)14-5-9-17(10-6-14)23-12-11-18(19(21)22)15-3-7-16(20)8-4-15/h3-10,13,18H,11-12H2,1-2H3,(H,21,22). The summed E-state index contributed by atoms with van der Waals surface area (Å²) >= 11 is 0. The summed E-state index contributed by atoms with van der Waals surface area (Å²) in [5.41, 5.74) is 1.81. The van der Waals surface area contributed by atoms with Gasteiger partial charge in [0, 0.05) is 0 Å². The molecule has 0 fully saturated rings. The van der Waals surface area contributed by atoms with Crippen molar-refractivity contribution in [1.29, 1.82) is 0 Å². The van der Waals surface area contributed by atoms with Crippen LogP contribution < -0.4 is 4.74 Å². The molecule has 122 valence electrons. The lowest BCUT2D eigenvalue weighted by Gasteiger charge is -2.14. The quantitative estimate of drug-likeness (QED) is 0.813. The van der Waals surface area contributed by atoms with E-state index in [9.17, 15) is 14.3 Å². The lowest BCUT2D eigenvalue weighted by atomic mass is 9.96. The second-order valence-corrected chi connectivity index (χ2v) is 5.80. The molecule has 0 aromatic heterocycles. The summed E-state index contributed by atoms with van der Waals surface area (Å²) in [5.74, 6) is -0.836. The molecule has 1 unspecified atom stereocenters. The third-order valence-corrected chi connectivity index (χ3v) is 3.79. The lowest BCUT2D eigenvalue weighted by Crippen LogP contribution is -2.15. The van der Waals surface area contributed by atoms with E-state index in [2.05, 4.69) is 13.8 Å². The zero-order valence-corrected chi connectivity index (χ0v) is 13.3. The van der Waals surface area contributed by atoms with Crippen molar-refractivity contribution in [2.75, 3.05) is 6.61 Å². The zero-order chi connectivity index (χ0) is 16.8. The van der Waals surface area contributed by atoms with E-state index in [1.54, 1.807) is 0 Å². The van der Waals surface area contributed by atoms with Crippen LogP contribution in [0.3, 0.4) is 0 Å². The first-order chi connectivity index (χ1) is 11.0. The number of hydrogen-bond acceptors (Lipinski definition) is 2. The van der Waals surface area contributed by atoms with Crippen LogP contribution in [0.5, 0.6) is 5.75 Å². The molecule has 0 aliphatic carbocycles. The maximum Gasteiger partial charge on any atom is 0.311 e. The average molecular weight is 316 g/mol. The normalized spacial score (nSPS) is 12.2. The van der Waals surface area contributed by atoms with Crippen LogP contribution >= 0.6 is 0 Å². The van der Waals surface area contributed by atoms with Crippen LogP contribution in [0.2, 0.25) is 0 Å². The van der Waals surface area contributed by atoms with Gasteiger partial charge in [0.05, 0.1) is 12.5 Å². The van der Waals surface area contributed by atoms with Gasteiger partial charge in [-0.1, -0.05) is 38.1 Å². The molecule has 0 aliphatic rings. The van der Waals surface area contributed by atoms with Crippen LogP contribution in [0.4, 0.5) is 4.39 Å². The minimum Gasteiger partial charge on any atom is -0.494 e. The number of aliphatic carboxylic acids is 1. The van der Waals surface area contributed by atoms with Gasteiger partial charge in [0.1, 0.15) is 11.6 Å². The van der Waals surface area contributed by atoms with E-state index in [4.69, 9.17) is 4.74 Å². The van der Waals surface area contributed by atoms with E-state index in [1.807, 2.05) is 24.3 Å². The summed E-state index contributed by atoms with van der Waals surface area (Å²) in [4.78, 5) is 11.4. The molecule has 2 rings (SSSR count). The Morgan fingerprint density at radius 1 is 1.04 bits per heavy atom. The van der Waals surface area contributed by atoms with E-state index in [1.165, 1.54) is 29.8 Å². The molecule has 2 aromatic carbocycles. The van der Waals surface area contributed by atoms with Crippen LogP contribution in [-0.4, -0.2) is 17.7 Å². The van der Waals surface area contributed by atoms with Gasteiger partial charge < -0.3 is 9.84 Å². The Balaban J connectivity index is 1.94. The van der Waals surface area contributed by atoms with Gasteiger partial charge >= 0.3 is 5.97 Å². The fraction of sp³-hybridized carbons (Fsp3) is 0.316. The number of carbonyl (C=O) groups is 1. The predicted molar refractivity (Wildman–Crippen MR) is 87.4 cm³/mol. The minimum absolute atomic E-state index is 0.287. The third kappa shape index (κ3) is 4.81. The fourth-order valence-corrected chi connectivity index (χ4v) is 2.37. The van der Waals surface area contributed by atoms with Crippen molar-refractivity contribution in [3.05, 3.63) is 65.5 Å². The highest BCUT2D eigenvalue weighted by Gasteiger charge is 2.19. The van der Waals surface area contributed by atoms with Crippen molar-refractivity contribution >= 4 is 5.97 Å². The molecule has 4 heteroatoms. The maximum absolute atomic E-state index is 12.9. The number of carboxylic acids is 1. The van der Waals surface area contributed by atoms with E-state index in [0.29, 0.717) is 17.9 Å². The Hall–Kier alpha value is -2.36. The zero-order valence-electron chi connectivity index (χ0n) is 13.3. The third-order valence-electron chi connectivity index (χ3n) is 3.79. The first-order valence-corrected chi connectivity index (χ1v) is 7.68. The highest BCUT2D eigenvalue weighted by atomic mass is 19.1. The molecule has 0 spiro atoms. The lowest BCUT2D eigenvalue weighted by molar-refractivity contribution is -0.139. The molecule has 0 amide bonds. The summed E-state index contributed by atoms with van der Waals surface area (Å²) in [6.07, 6.45) is 0.326. The van der Waals surface area contributed by atoms with Crippen molar-refractivity contribution in [1.82, 2.24) is 0 Å². The van der Waals surface area contributed by atoms with Gasteiger partial charge in [0.15, 0.2) is 0 Å². The van der Waals surface area contributed by atoms with Gasteiger partial charge in [-0.25, -0.2) is 4.39 Å². The van der Waals surface area contributed by atoms with Gasteiger partial charge in [0.2, 0.25) is 0 Å².